The first kappa shape index (κ1) is 15.4. The minimum absolute atomic E-state index is 0.0421. The molecule has 1 aliphatic rings. The second-order valence-corrected chi connectivity index (χ2v) is 7.56. The quantitative estimate of drug-likeness (QED) is 0.863. The lowest BCUT2D eigenvalue weighted by Crippen LogP contribution is -2.36. The maximum absolute atomic E-state index is 13.0. The van der Waals surface area contributed by atoms with Crippen LogP contribution in [0.4, 0.5) is 4.39 Å². The van der Waals surface area contributed by atoms with Crippen LogP contribution in [0.5, 0.6) is 0 Å². The van der Waals surface area contributed by atoms with E-state index in [9.17, 15) is 12.8 Å². The highest BCUT2D eigenvalue weighted by molar-refractivity contribution is 7.92. The number of nitrogens with two attached hydrogens (primary N) is 1. The third-order valence-electron chi connectivity index (χ3n) is 3.88. The van der Waals surface area contributed by atoms with E-state index in [0.29, 0.717) is 6.61 Å². The van der Waals surface area contributed by atoms with E-state index in [1.165, 1.54) is 12.1 Å². The highest BCUT2D eigenvalue weighted by Gasteiger charge is 2.68. The molecule has 0 heterocycles. The Hall–Kier alpha value is -0.980. The molecule has 0 amide bonds. The van der Waals surface area contributed by atoms with Crippen LogP contribution in [-0.2, 0) is 14.6 Å². The van der Waals surface area contributed by atoms with E-state index in [1.807, 2.05) is 6.92 Å². The number of hydrogen-bond donors (Lipinski definition) is 1. The molecule has 2 N–H and O–H groups in total. The Kier molecular flexibility index (Phi) is 4.18. The molecular formula is C14H20FNO3S. The van der Waals surface area contributed by atoms with Gasteiger partial charge in [0.05, 0.1) is 17.4 Å². The maximum atomic E-state index is 13.0. The van der Waals surface area contributed by atoms with Gasteiger partial charge < -0.3 is 10.5 Å². The van der Waals surface area contributed by atoms with Gasteiger partial charge in [-0.2, -0.15) is 0 Å². The second kappa shape index (κ2) is 5.42. The molecule has 0 spiro atoms. The molecule has 1 aromatic rings. The first-order valence-corrected chi connectivity index (χ1v) is 8.42. The van der Waals surface area contributed by atoms with E-state index in [1.54, 1.807) is 19.1 Å². The van der Waals surface area contributed by atoms with Crippen molar-refractivity contribution >= 4 is 9.84 Å². The molecule has 1 fully saturated rings. The molecular weight excluding hydrogens is 281 g/mol. The van der Waals surface area contributed by atoms with Gasteiger partial charge in [-0.1, -0.05) is 19.1 Å². The number of rotatable bonds is 6. The van der Waals surface area contributed by atoms with Crippen molar-refractivity contribution in [1.82, 2.24) is 0 Å². The average molecular weight is 301 g/mol. The van der Waals surface area contributed by atoms with Gasteiger partial charge in [0, 0.05) is 18.3 Å². The van der Waals surface area contributed by atoms with Crippen LogP contribution in [0.15, 0.2) is 24.3 Å². The summed E-state index contributed by atoms with van der Waals surface area (Å²) in [5.41, 5.74) is 6.09. The molecule has 0 saturated heterocycles. The van der Waals surface area contributed by atoms with Gasteiger partial charge in [0.2, 0.25) is 0 Å². The summed E-state index contributed by atoms with van der Waals surface area (Å²) in [6.45, 7) is 4.11. The lowest BCUT2D eigenvalue weighted by atomic mass is 10.1. The molecule has 112 valence electrons. The summed E-state index contributed by atoms with van der Waals surface area (Å²) >= 11 is 0. The van der Waals surface area contributed by atoms with Crippen molar-refractivity contribution in [3.8, 4) is 0 Å². The Bertz CT molecular complexity index is 573. The molecule has 0 aliphatic heterocycles. The van der Waals surface area contributed by atoms with Gasteiger partial charge in [-0.3, -0.25) is 0 Å². The third-order valence-corrected chi connectivity index (χ3v) is 6.17. The van der Waals surface area contributed by atoms with Gasteiger partial charge in [-0.25, -0.2) is 12.8 Å². The minimum atomic E-state index is -3.27. The zero-order chi connectivity index (χ0) is 15.0. The summed E-state index contributed by atoms with van der Waals surface area (Å²) in [7, 11) is -3.27. The summed E-state index contributed by atoms with van der Waals surface area (Å²) in [5.74, 6) is -0.642. The number of halogens is 1. The van der Waals surface area contributed by atoms with E-state index in [4.69, 9.17) is 10.5 Å². The highest BCUT2D eigenvalue weighted by Crippen LogP contribution is 2.54. The molecule has 4 nitrogen and oxygen atoms in total. The predicted octanol–water partition coefficient (Wildman–Crippen LogP) is 1.46. The standard InChI is InChI=1S/C14H20FNO3S/c1-3-19-9-14(16)12(13(14)20(17,18)4-2)10-5-7-11(15)8-6-10/h5-8,12-13H,3-4,9,16H2,1-2H3/t12-,13-,14+/m0/s1. The molecule has 20 heavy (non-hydrogen) atoms. The number of benzene rings is 1. The number of ether oxygens (including phenoxy) is 1. The molecule has 1 saturated carbocycles. The van der Waals surface area contributed by atoms with E-state index < -0.39 is 20.6 Å². The summed E-state index contributed by atoms with van der Waals surface area (Å²) in [6, 6.07) is 5.84. The summed E-state index contributed by atoms with van der Waals surface area (Å²) in [5, 5.41) is -0.656. The van der Waals surface area contributed by atoms with Crippen LogP contribution in [0, 0.1) is 5.82 Å². The molecule has 2 rings (SSSR count). The van der Waals surface area contributed by atoms with Crippen molar-refractivity contribution in [2.75, 3.05) is 19.0 Å². The largest absolute Gasteiger partial charge is 0.380 e. The van der Waals surface area contributed by atoms with Gasteiger partial charge in [0.25, 0.3) is 0 Å². The Balaban J connectivity index is 2.32. The van der Waals surface area contributed by atoms with Crippen molar-refractivity contribution in [2.45, 2.75) is 30.6 Å². The molecule has 0 radical (unpaired) electrons. The van der Waals surface area contributed by atoms with Gasteiger partial charge in [-0.15, -0.1) is 0 Å². The van der Waals surface area contributed by atoms with E-state index in [2.05, 4.69) is 0 Å². The van der Waals surface area contributed by atoms with Crippen LogP contribution in [0.25, 0.3) is 0 Å². The smallest absolute Gasteiger partial charge is 0.155 e. The predicted molar refractivity (Wildman–Crippen MR) is 75.8 cm³/mol. The summed E-state index contributed by atoms with van der Waals surface area (Å²) < 4.78 is 42.7. The zero-order valence-electron chi connectivity index (χ0n) is 11.7. The molecule has 6 heteroatoms. The molecule has 0 unspecified atom stereocenters. The fourth-order valence-electron chi connectivity index (χ4n) is 2.75. The van der Waals surface area contributed by atoms with Crippen molar-refractivity contribution in [3.05, 3.63) is 35.6 Å². The second-order valence-electron chi connectivity index (χ2n) is 5.15. The van der Waals surface area contributed by atoms with Gasteiger partial charge >= 0.3 is 0 Å². The average Bonchev–Trinajstić information content (AvgIpc) is 3.05. The van der Waals surface area contributed by atoms with E-state index in [0.717, 1.165) is 5.56 Å². The Morgan fingerprint density at radius 1 is 1.30 bits per heavy atom. The van der Waals surface area contributed by atoms with Crippen LogP contribution in [0.2, 0.25) is 0 Å². The monoisotopic (exact) mass is 301 g/mol. The number of sulfone groups is 1. The SMILES string of the molecule is CCOC[C@@]1(N)[C@@H](c2ccc(F)cc2)[C@@H]1S(=O)(=O)CC. The molecule has 3 atom stereocenters. The van der Waals surface area contributed by atoms with Crippen molar-refractivity contribution in [2.24, 2.45) is 5.73 Å². The molecule has 0 aromatic heterocycles. The summed E-state index contributed by atoms with van der Waals surface area (Å²) in [4.78, 5) is 0. The minimum Gasteiger partial charge on any atom is -0.380 e. The lowest BCUT2D eigenvalue weighted by Gasteiger charge is -2.12. The lowest BCUT2D eigenvalue weighted by molar-refractivity contribution is 0.125. The van der Waals surface area contributed by atoms with E-state index in [-0.39, 0.29) is 24.1 Å². The van der Waals surface area contributed by atoms with Crippen LogP contribution in [0.3, 0.4) is 0 Å². The number of hydrogen-bond acceptors (Lipinski definition) is 4. The Morgan fingerprint density at radius 3 is 2.40 bits per heavy atom. The van der Waals surface area contributed by atoms with Crippen molar-refractivity contribution in [1.29, 1.82) is 0 Å². The van der Waals surface area contributed by atoms with Crippen LogP contribution < -0.4 is 5.73 Å². The van der Waals surface area contributed by atoms with Crippen molar-refractivity contribution < 1.29 is 17.5 Å². The molecule has 1 aliphatic carbocycles. The zero-order valence-corrected chi connectivity index (χ0v) is 12.5. The topological polar surface area (TPSA) is 69.4 Å². The first-order chi connectivity index (χ1) is 9.36. The van der Waals surface area contributed by atoms with Crippen LogP contribution in [0.1, 0.15) is 25.3 Å². The van der Waals surface area contributed by atoms with E-state index >= 15 is 0 Å². The maximum Gasteiger partial charge on any atom is 0.155 e. The fourth-order valence-corrected chi connectivity index (χ4v) is 4.74. The van der Waals surface area contributed by atoms with Crippen molar-refractivity contribution in [3.63, 3.8) is 0 Å². The Labute approximate surface area is 119 Å². The summed E-state index contributed by atoms with van der Waals surface area (Å²) in [6.07, 6.45) is 0. The molecule has 1 aromatic carbocycles. The Morgan fingerprint density at radius 2 is 1.90 bits per heavy atom. The highest BCUT2D eigenvalue weighted by atomic mass is 32.2. The normalized spacial score (nSPS) is 29.4. The van der Waals surface area contributed by atoms with Crippen LogP contribution >= 0.6 is 0 Å². The first-order valence-electron chi connectivity index (χ1n) is 6.70. The molecule has 0 bridgehead atoms. The van der Waals surface area contributed by atoms with Gasteiger partial charge in [-0.05, 0) is 24.6 Å². The van der Waals surface area contributed by atoms with Gasteiger partial charge in [0.1, 0.15) is 5.82 Å². The van der Waals surface area contributed by atoms with Crippen LogP contribution in [-0.4, -0.2) is 38.2 Å². The fraction of sp³-hybridized carbons (Fsp3) is 0.571. The third kappa shape index (κ3) is 2.60. The van der Waals surface area contributed by atoms with Gasteiger partial charge in [0.15, 0.2) is 9.84 Å².